The zero-order chi connectivity index (χ0) is 13.6. The van der Waals surface area contributed by atoms with Crippen LogP contribution < -0.4 is 5.56 Å². The fraction of sp³-hybridized carbons (Fsp3) is 0.364. The number of nitrogens with one attached hydrogen (secondary N) is 1. The summed E-state index contributed by atoms with van der Waals surface area (Å²) in [5.74, 6) is -0.786. The number of hydrogen-bond donors (Lipinski definition) is 3. The van der Waals surface area contributed by atoms with Crippen LogP contribution in [0.15, 0.2) is 10.9 Å². The summed E-state index contributed by atoms with van der Waals surface area (Å²) in [6, 6.07) is 1.19. The van der Waals surface area contributed by atoms with E-state index in [1.165, 1.54) is 6.07 Å². The van der Waals surface area contributed by atoms with E-state index in [1.807, 2.05) is 27.7 Å². The molecule has 96 valence electrons. The molecule has 0 atom stereocenters. The minimum atomic E-state index is -0.399. The summed E-state index contributed by atoms with van der Waals surface area (Å²) in [5.41, 5.74) is -0.322. The van der Waals surface area contributed by atoms with Crippen molar-refractivity contribution in [3.8, 4) is 11.5 Å². The molecule has 2 aromatic rings. The number of aromatic hydroxyl groups is 2. The number of hydrogen-bond acceptors (Lipinski definition) is 4. The molecule has 0 spiro atoms. The molecule has 1 heterocycles. The van der Waals surface area contributed by atoms with E-state index in [0.717, 1.165) is 11.5 Å². The van der Waals surface area contributed by atoms with Crippen molar-refractivity contribution in [1.82, 2.24) is 4.37 Å². The van der Waals surface area contributed by atoms with Crippen LogP contribution in [0.3, 0.4) is 0 Å². The van der Waals surface area contributed by atoms with Crippen LogP contribution in [-0.2, 0) is 0 Å². The highest BCUT2D eigenvalue weighted by Crippen LogP contribution is 2.39. The molecule has 0 saturated carbocycles. The highest BCUT2D eigenvalue weighted by molar-refractivity contribution is 7.14. The molecule has 0 aliphatic heterocycles. The summed E-state index contributed by atoms with van der Waals surface area (Å²) in [5, 5.41) is 18.7. The quantitative estimate of drug-likeness (QED) is 0.643. The van der Waals surface area contributed by atoms with Crippen molar-refractivity contribution >= 4 is 33.2 Å². The van der Waals surface area contributed by atoms with Crippen LogP contribution in [0.4, 0.5) is 0 Å². The molecule has 6 heteroatoms. The van der Waals surface area contributed by atoms with Gasteiger partial charge in [-0.15, -0.1) is 0 Å². The second-order valence-corrected chi connectivity index (χ2v) is 3.66. The largest absolute Gasteiger partial charge is 0.504 e. The van der Waals surface area contributed by atoms with E-state index >= 15 is 0 Å². The first-order valence-electron chi connectivity index (χ1n) is 5.33. The van der Waals surface area contributed by atoms with Gasteiger partial charge in [0, 0.05) is 0 Å². The van der Waals surface area contributed by atoms with Gasteiger partial charge >= 0.3 is 0 Å². The molecule has 0 bridgehead atoms. The fourth-order valence-corrected chi connectivity index (χ4v) is 2.10. The Hall–Kier alpha value is -1.20. The third-order valence-electron chi connectivity index (χ3n) is 1.67. The molecule has 0 fully saturated rings. The minimum Gasteiger partial charge on any atom is -0.504 e. The van der Waals surface area contributed by atoms with Crippen molar-refractivity contribution < 1.29 is 10.2 Å². The van der Waals surface area contributed by atoms with Gasteiger partial charge in [0.05, 0.1) is 10.1 Å². The number of aromatic nitrogens is 1. The number of benzene rings is 1. The molecular formula is C11H16ClNO3S. The summed E-state index contributed by atoms with van der Waals surface area (Å²) < 4.78 is 2.90. The average molecular weight is 278 g/mol. The van der Waals surface area contributed by atoms with Gasteiger partial charge in [-0.1, -0.05) is 50.8 Å². The highest BCUT2D eigenvalue weighted by Gasteiger charge is 2.13. The Morgan fingerprint density at radius 3 is 2.29 bits per heavy atom. The third-order valence-corrected chi connectivity index (χ3v) is 3.06. The van der Waals surface area contributed by atoms with Crippen molar-refractivity contribution in [1.29, 1.82) is 0 Å². The Morgan fingerprint density at radius 1 is 1.24 bits per heavy atom. The van der Waals surface area contributed by atoms with E-state index in [1.54, 1.807) is 0 Å². The second-order valence-electron chi connectivity index (χ2n) is 2.47. The van der Waals surface area contributed by atoms with Crippen molar-refractivity contribution in [3.63, 3.8) is 0 Å². The predicted molar refractivity (Wildman–Crippen MR) is 73.5 cm³/mol. The third kappa shape index (κ3) is 3.14. The van der Waals surface area contributed by atoms with Gasteiger partial charge in [0.2, 0.25) is 0 Å². The van der Waals surface area contributed by atoms with Crippen LogP contribution in [0.1, 0.15) is 27.7 Å². The Kier molecular flexibility index (Phi) is 6.68. The number of aromatic amines is 1. The standard InChI is InChI=1S/C7H4ClNO3S.2C2H6/c8-4-5(11)3(10)1-2-6(4)13-9-7(2)12;2*1-2/h1,10-11H,(H,9,12);2*1-2H3. The number of halogens is 1. The van der Waals surface area contributed by atoms with Crippen molar-refractivity contribution in [2.24, 2.45) is 0 Å². The van der Waals surface area contributed by atoms with Crippen LogP contribution in [0.5, 0.6) is 11.5 Å². The van der Waals surface area contributed by atoms with E-state index < -0.39 is 5.75 Å². The molecule has 0 unspecified atom stereocenters. The fourth-order valence-electron chi connectivity index (χ4n) is 1.03. The van der Waals surface area contributed by atoms with Crippen molar-refractivity contribution in [2.45, 2.75) is 27.7 Å². The van der Waals surface area contributed by atoms with Gasteiger partial charge in [-0.2, -0.15) is 0 Å². The maximum Gasteiger partial charge on any atom is 0.266 e. The zero-order valence-electron chi connectivity index (χ0n) is 10.2. The van der Waals surface area contributed by atoms with Gasteiger partial charge in [-0.25, -0.2) is 0 Å². The first-order chi connectivity index (χ1) is 8.11. The maximum atomic E-state index is 11.1. The molecule has 1 aromatic carbocycles. The maximum absolute atomic E-state index is 11.1. The summed E-state index contributed by atoms with van der Waals surface area (Å²) in [7, 11) is 0. The lowest BCUT2D eigenvalue weighted by atomic mass is 10.2. The van der Waals surface area contributed by atoms with Gasteiger partial charge in [-0.05, 0) is 6.07 Å². The van der Waals surface area contributed by atoms with Crippen LogP contribution in [-0.4, -0.2) is 14.6 Å². The molecular weight excluding hydrogens is 262 g/mol. The number of rotatable bonds is 0. The molecule has 0 radical (unpaired) electrons. The predicted octanol–water partition coefficient (Wildman–Crippen LogP) is 3.71. The van der Waals surface area contributed by atoms with Gasteiger partial charge in [0.1, 0.15) is 5.02 Å². The topological polar surface area (TPSA) is 73.3 Å². The lowest BCUT2D eigenvalue weighted by Gasteiger charge is -1.99. The van der Waals surface area contributed by atoms with Gasteiger partial charge < -0.3 is 10.2 Å². The van der Waals surface area contributed by atoms with Crippen LogP contribution >= 0.6 is 23.1 Å². The number of phenols is 2. The second kappa shape index (κ2) is 7.19. The molecule has 0 aliphatic rings. The first kappa shape index (κ1) is 15.8. The normalized spacial score (nSPS) is 9.00. The van der Waals surface area contributed by atoms with Gasteiger partial charge in [0.25, 0.3) is 5.56 Å². The van der Waals surface area contributed by atoms with Crippen LogP contribution in [0.25, 0.3) is 10.1 Å². The summed E-state index contributed by atoms with van der Waals surface area (Å²) in [4.78, 5) is 11.1. The van der Waals surface area contributed by atoms with E-state index in [2.05, 4.69) is 4.37 Å². The lowest BCUT2D eigenvalue weighted by molar-refractivity contribution is 0.405. The SMILES string of the molecule is CC.CC.O=c1[nH]sc2c(Cl)c(O)c(O)cc12. The Bertz CT molecular complexity index is 533. The average Bonchev–Trinajstić information content (AvgIpc) is 2.73. The van der Waals surface area contributed by atoms with Crippen LogP contribution in [0, 0.1) is 0 Å². The summed E-state index contributed by atoms with van der Waals surface area (Å²) >= 11 is 6.71. The highest BCUT2D eigenvalue weighted by atomic mass is 35.5. The Labute approximate surface area is 109 Å². The molecule has 0 saturated heterocycles. The molecule has 2 rings (SSSR count). The van der Waals surface area contributed by atoms with Crippen LogP contribution in [0.2, 0.25) is 5.02 Å². The Morgan fingerprint density at radius 2 is 1.76 bits per heavy atom. The van der Waals surface area contributed by atoms with Gasteiger partial charge in [-0.3, -0.25) is 9.17 Å². The van der Waals surface area contributed by atoms with E-state index in [9.17, 15) is 9.90 Å². The number of H-pyrrole nitrogens is 1. The summed E-state index contributed by atoms with van der Waals surface area (Å²) in [6.45, 7) is 8.00. The van der Waals surface area contributed by atoms with E-state index in [4.69, 9.17) is 16.7 Å². The smallest absolute Gasteiger partial charge is 0.266 e. The monoisotopic (exact) mass is 277 g/mol. The molecule has 17 heavy (non-hydrogen) atoms. The minimum absolute atomic E-state index is 0.00153. The van der Waals surface area contributed by atoms with E-state index in [-0.39, 0.29) is 21.7 Å². The molecule has 0 amide bonds. The Balaban J connectivity index is 0.000000581. The molecule has 3 N–H and O–H groups in total. The first-order valence-corrected chi connectivity index (χ1v) is 6.52. The van der Waals surface area contributed by atoms with Crippen molar-refractivity contribution in [3.05, 3.63) is 21.4 Å². The molecule has 4 nitrogen and oxygen atoms in total. The van der Waals surface area contributed by atoms with Gasteiger partial charge in [0.15, 0.2) is 11.5 Å². The molecule has 0 aliphatic carbocycles. The molecule has 1 aromatic heterocycles. The number of phenolic OH excluding ortho intramolecular Hbond substituents is 2. The summed E-state index contributed by atoms with van der Waals surface area (Å²) in [6.07, 6.45) is 0. The zero-order valence-corrected chi connectivity index (χ0v) is 11.7. The van der Waals surface area contributed by atoms with E-state index in [0.29, 0.717) is 4.70 Å². The lowest BCUT2D eigenvalue weighted by Crippen LogP contribution is -1.95. The van der Waals surface area contributed by atoms with Crippen molar-refractivity contribution in [2.75, 3.05) is 0 Å². The number of fused-ring (bicyclic) bond motifs is 1.